The van der Waals surface area contributed by atoms with Gasteiger partial charge in [-0.2, -0.15) is 0 Å². The topological polar surface area (TPSA) is 84.5 Å². The van der Waals surface area contributed by atoms with Gasteiger partial charge in [0.05, 0.1) is 6.61 Å². The van der Waals surface area contributed by atoms with E-state index in [0.29, 0.717) is 22.7 Å². The molecule has 0 aliphatic rings. The summed E-state index contributed by atoms with van der Waals surface area (Å²) in [5.41, 5.74) is 4.56. The molecular weight excluding hydrogens is 540 g/mol. The maximum absolute atomic E-state index is 13.8. The number of thioether (sulfide) groups is 1. The number of ether oxygens (including phenoxy) is 1. The summed E-state index contributed by atoms with van der Waals surface area (Å²) in [6.07, 6.45) is 1.21. The van der Waals surface area contributed by atoms with Crippen molar-refractivity contribution in [1.29, 1.82) is 0 Å². The number of aryl methyl sites for hydroxylation is 1. The molecule has 0 bridgehead atoms. The number of anilines is 2. The molecule has 1 unspecified atom stereocenters. The number of esters is 1. The molecule has 2 amide bonds. The molecule has 0 aliphatic carbocycles. The molecule has 3 aromatic carbocycles. The minimum absolute atomic E-state index is 0.0458. The minimum Gasteiger partial charge on any atom is -0.462 e. The molecule has 40 heavy (non-hydrogen) atoms. The average Bonchev–Trinajstić information content (AvgIpc) is 3.36. The van der Waals surface area contributed by atoms with Crippen LogP contribution in [0.5, 0.6) is 0 Å². The molecule has 1 aromatic heterocycles. The summed E-state index contributed by atoms with van der Waals surface area (Å²) in [7, 11) is 0. The number of nitrogens with one attached hydrogen (secondary N) is 2. The number of amides is 2. The number of carbonyl (C=O) groups is 3. The van der Waals surface area contributed by atoms with Crippen LogP contribution in [0.25, 0.3) is 11.1 Å². The van der Waals surface area contributed by atoms with E-state index in [9.17, 15) is 14.4 Å². The molecular formula is C32H32N2O4S2. The quantitative estimate of drug-likeness (QED) is 0.140. The minimum atomic E-state index is -0.609. The van der Waals surface area contributed by atoms with E-state index < -0.39 is 11.2 Å². The Morgan fingerprint density at radius 3 is 2.38 bits per heavy atom. The first-order valence-corrected chi connectivity index (χ1v) is 14.9. The Bertz CT molecular complexity index is 1470. The highest BCUT2D eigenvalue weighted by molar-refractivity contribution is 8.00. The Kier molecular flexibility index (Phi) is 10.2. The number of carbonyl (C=O) groups excluding carboxylic acids is 3. The summed E-state index contributed by atoms with van der Waals surface area (Å²) in [5.74, 6) is -0.788. The Labute approximate surface area is 243 Å². The molecule has 4 aromatic rings. The standard InChI is InChI=1S/C32H32N2O4S2/c1-4-10-27(35)33-24-13-9-14-25(19-24)40-29(23-11-7-6-8-12-23)30(36)34-31-28(32(37)38-5-2)26(20-39-31)22-17-15-21(3)16-18-22/h6-9,11-20,29H,4-5,10H2,1-3H3,(H,33,35)(H,34,36). The number of hydrogen-bond acceptors (Lipinski definition) is 6. The maximum Gasteiger partial charge on any atom is 0.341 e. The van der Waals surface area contributed by atoms with Gasteiger partial charge in [-0.15, -0.1) is 23.1 Å². The van der Waals surface area contributed by atoms with Crippen LogP contribution in [0.3, 0.4) is 0 Å². The predicted molar refractivity (Wildman–Crippen MR) is 164 cm³/mol. The molecule has 0 aliphatic heterocycles. The number of benzene rings is 3. The second-order valence-electron chi connectivity index (χ2n) is 9.16. The smallest absolute Gasteiger partial charge is 0.341 e. The van der Waals surface area contributed by atoms with Crippen molar-refractivity contribution in [3.05, 3.63) is 101 Å². The van der Waals surface area contributed by atoms with Gasteiger partial charge in [0.2, 0.25) is 11.8 Å². The molecule has 4 rings (SSSR count). The maximum atomic E-state index is 13.8. The third-order valence-electron chi connectivity index (χ3n) is 6.06. The van der Waals surface area contributed by atoms with Crippen molar-refractivity contribution in [3.63, 3.8) is 0 Å². The molecule has 0 saturated carbocycles. The Hall–Kier alpha value is -3.88. The van der Waals surface area contributed by atoms with Crippen LogP contribution < -0.4 is 10.6 Å². The predicted octanol–water partition coefficient (Wildman–Crippen LogP) is 8.11. The first-order valence-electron chi connectivity index (χ1n) is 13.2. The second kappa shape index (κ2) is 14.0. The van der Waals surface area contributed by atoms with Gasteiger partial charge in [-0.05, 0) is 49.6 Å². The van der Waals surface area contributed by atoms with E-state index in [-0.39, 0.29) is 18.4 Å². The fourth-order valence-corrected chi connectivity index (χ4v) is 6.16. The zero-order valence-corrected chi connectivity index (χ0v) is 24.4. The molecule has 0 radical (unpaired) electrons. The van der Waals surface area contributed by atoms with E-state index in [1.807, 2.05) is 98.1 Å². The normalized spacial score (nSPS) is 11.5. The highest BCUT2D eigenvalue weighted by Gasteiger charge is 2.27. The van der Waals surface area contributed by atoms with Crippen molar-refractivity contribution >= 4 is 51.6 Å². The molecule has 1 atom stereocenters. The van der Waals surface area contributed by atoms with Crippen LogP contribution in [-0.4, -0.2) is 24.4 Å². The average molecular weight is 573 g/mol. The lowest BCUT2D eigenvalue weighted by Gasteiger charge is -2.18. The van der Waals surface area contributed by atoms with E-state index in [1.54, 1.807) is 6.92 Å². The van der Waals surface area contributed by atoms with E-state index >= 15 is 0 Å². The Balaban J connectivity index is 1.64. The van der Waals surface area contributed by atoms with Crippen LogP contribution in [0.4, 0.5) is 10.7 Å². The molecule has 0 fully saturated rings. The van der Waals surface area contributed by atoms with Crippen molar-refractivity contribution < 1.29 is 19.1 Å². The summed E-state index contributed by atoms with van der Waals surface area (Å²) in [4.78, 5) is 39.9. The zero-order valence-electron chi connectivity index (χ0n) is 22.7. The number of thiophene rings is 1. The fourth-order valence-electron chi connectivity index (χ4n) is 4.11. The molecule has 0 saturated heterocycles. The van der Waals surface area contributed by atoms with Crippen LogP contribution in [0.15, 0.2) is 89.1 Å². The van der Waals surface area contributed by atoms with Gasteiger partial charge in [0.1, 0.15) is 15.8 Å². The Morgan fingerprint density at radius 1 is 0.925 bits per heavy atom. The first-order chi connectivity index (χ1) is 19.4. The van der Waals surface area contributed by atoms with Gasteiger partial charge in [-0.25, -0.2) is 4.79 Å². The van der Waals surface area contributed by atoms with Gasteiger partial charge in [-0.1, -0.05) is 73.2 Å². The van der Waals surface area contributed by atoms with Crippen molar-refractivity contribution in [1.82, 2.24) is 0 Å². The highest BCUT2D eigenvalue weighted by atomic mass is 32.2. The molecule has 1 heterocycles. The second-order valence-corrected chi connectivity index (χ2v) is 11.2. The largest absolute Gasteiger partial charge is 0.462 e. The summed E-state index contributed by atoms with van der Waals surface area (Å²) in [5, 5.41) is 7.65. The van der Waals surface area contributed by atoms with E-state index in [2.05, 4.69) is 10.6 Å². The molecule has 206 valence electrons. The van der Waals surface area contributed by atoms with E-state index in [1.165, 1.54) is 23.1 Å². The van der Waals surface area contributed by atoms with Crippen LogP contribution in [0, 0.1) is 6.92 Å². The molecule has 2 N–H and O–H groups in total. The van der Waals surface area contributed by atoms with Crippen LogP contribution >= 0.6 is 23.1 Å². The first kappa shape index (κ1) is 29.1. The van der Waals surface area contributed by atoms with Crippen molar-refractivity contribution in [2.24, 2.45) is 0 Å². The molecule has 6 nitrogen and oxygen atoms in total. The van der Waals surface area contributed by atoms with E-state index in [0.717, 1.165) is 33.6 Å². The van der Waals surface area contributed by atoms with Crippen molar-refractivity contribution in [2.45, 2.75) is 43.8 Å². The monoisotopic (exact) mass is 572 g/mol. The van der Waals surface area contributed by atoms with Gasteiger partial charge in [0.25, 0.3) is 0 Å². The lowest BCUT2D eigenvalue weighted by molar-refractivity contribution is -0.116. The summed E-state index contributed by atoms with van der Waals surface area (Å²) >= 11 is 2.68. The zero-order chi connectivity index (χ0) is 28.5. The third kappa shape index (κ3) is 7.40. The summed E-state index contributed by atoms with van der Waals surface area (Å²) in [6.45, 7) is 5.95. The van der Waals surface area contributed by atoms with Gasteiger partial charge in [-0.3, -0.25) is 9.59 Å². The summed E-state index contributed by atoms with van der Waals surface area (Å²) in [6, 6.07) is 24.9. The van der Waals surface area contributed by atoms with E-state index in [4.69, 9.17) is 4.74 Å². The third-order valence-corrected chi connectivity index (χ3v) is 8.20. The molecule has 0 spiro atoms. The molecule has 8 heteroatoms. The van der Waals surface area contributed by atoms with Gasteiger partial charge in [0.15, 0.2) is 0 Å². The SMILES string of the molecule is CCCC(=O)Nc1cccc(SC(C(=O)Nc2scc(-c3ccc(C)cc3)c2C(=O)OCC)c2ccccc2)c1. The van der Waals surface area contributed by atoms with Crippen molar-refractivity contribution in [2.75, 3.05) is 17.2 Å². The van der Waals surface area contributed by atoms with Crippen LogP contribution in [0.2, 0.25) is 0 Å². The van der Waals surface area contributed by atoms with Gasteiger partial charge < -0.3 is 15.4 Å². The number of hydrogen-bond donors (Lipinski definition) is 2. The lowest BCUT2D eigenvalue weighted by Crippen LogP contribution is -2.20. The van der Waals surface area contributed by atoms with Gasteiger partial charge >= 0.3 is 5.97 Å². The fraction of sp³-hybridized carbons (Fsp3) is 0.219. The van der Waals surface area contributed by atoms with Crippen LogP contribution in [-0.2, 0) is 14.3 Å². The summed E-state index contributed by atoms with van der Waals surface area (Å²) < 4.78 is 5.37. The number of rotatable bonds is 11. The van der Waals surface area contributed by atoms with Crippen LogP contribution in [0.1, 0.15) is 53.4 Å². The van der Waals surface area contributed by atoms with Crippen molar-refractivity contribution in [3.8, 4) is 11.1 Å². The van der Waals surface area contributed by atoms with Gasteiger partial charge in [0, 0.05) is 27.9 Å². The Morgan fingerprint density at radius 2 is 1.68 bits per heavy atom. The highest BCUT2D eigenvalue weighted by Crippen LogP contribution is 2.40. The lowest BCUT2D eigenvalue weighted by atomic mass is 10.0.